The third kappa shape index (κ3) is 2.37. The van der Waals surface area contributed by atoms with Crippen molar-refractivity contribution in [3.05, 3.63) is 71.9 Å². The summed E-state index contributed by atoms with van der Waals surface area (Å²) in [4.78, 5) is 15.5. The zero-order valence-electron chi connectivity index (χ0n) is 11.8. The molecule has 5 heteroatoms. The molecule has 0 saturated heterocycles. The summed E-state index contributed by atoms with van der Waals surface area (Å²) in [5.41, 5.74) is 2.98. The molecule has 2 heterocycles. The van der Waals surface area contributed by atoms with E-state index in [0.717, 1.165) is 11.3 Å². The summed E-state index contributed by atoms with van der Waals surface area (Å²) in [5.74, 6) is -1.33. The van der Waals surface area contributed by atoms with E-state index in [2.05, 4.69) is 4.98 Å². The third-order valence-electron chi connectivity index (χ3n) is 3.52. The first-order valence-electron chi connectivity index (χ1n) is 6.70. The lowest BCUT2D eigenvalue weighted by atomic mass is 10.1. The van der Waals surface area contributed by atoms with Gasteiger partial charge in [-0.05, 0) is 55.0 Å². The van der Waals surface area contributed by atoms with Crippen molar-refractivity contribution in [2.24, 2.45) is 0 Å². The van der Waals surface area contributed by atoms with Gasteiger partial charge in [-0.15, -0.1) is 0 Å². The smallest absolute Gasteiger partial charge is 0.337 e. The maximum absolute atomic E-state index is 13.1. The van der Waals surface area contributed by atoms with Gasteiger partial charge in [0.15, 0.2) is 0 Å². The van der Waals surface area contributed by atoms with Crippen molar-refractivity contribution in [1.29, 1.82) is 0 Å². The zero-order valence-corrected chi connectivity index (χ0v) is 11.8. The molecule has 4 nitrogen and oxygen atoms in total. The number of hydrogen-bond acceptors (Lipinski definition) is 2. The Morgan fingerprint density at radius 3 is 2.55 bits per heavy atom. The van der Waals surface area contributed by atoms with Gasteiger partial charge in [0.05, 0.1) is 23.1 Å². The second-order valence-electron chi connectivity index (χ2n) is 4.89. The quantitative estimate of drug-likeness (QED) is 0.802. The van der Waals surface area contributed by atoms with Crippen molar-refractivity contribution < 1.29 is 14.3 Å². The number of aromatic carboxylic acids is 1. The van der Waals surface area contributed by atoms with Crippen molar-refractivity contribution in [3.8, 4) is 16.9 Å². The van der Waals surface area contributed by atoms with Crippen LogP contribution in [-0.2, 0) is 0 Å². The molecular weight excluding hydrogens is 283 g/mol. The van der Waals surface area contributed by atoms with Crippen molar-refractivity contribution >= 4 is 5.97 Å². The third-order valence-corrected chi connectivity index (χ3v) is 3.52. The van der Waals surface area contributed by atoms with Gasteiger partial charge in [-0.3, -0.25) is 4.98 Å². The normalized spacial score (nSPS) is 10.6. The highest BCUT2D eigenvalue weighted by atomic mass is 19.1. The molecule has 0 saturated carbocycles. The molecule has 0 radical (unpaired) electrons. The summed E-state index contributed by atoms with van der Waals surface area (Å²) in [6, 6.07) is 11.2. The SMILES string of the molecule is Cc1c(C(=O)O)cc(-c2ccc(F)cc2)n1-c1cccnc1. The van der Waals surface area contributed by atoms with E-state index < -0.39 is 5.97 Å². The fourth-order valence-electron chi connectivity index (χ4n) is 2.48. The van der Waals surface area contributed by atoms with E-state index in [0.29, 0.717) is 11.4 Å². The number of nitrogens with zero attached hydrogens (tertiary/aromatic N) is 2. The Morgan fingerprint density at radius 1 is 1.23 bits per heavy atom. The van der Waals surface area contributed by atoms with E-state index in [1.807, 2.05) is 10.6 Å². The Labute approximate surface area is 126 Å². The number of carboxylic acids is 1. The average Bonchev–Trinajstić information content (AvgIpc) is 2.86. The topological polar surface area (TPSA) is 55.1 Å². The van der Waals surface area contributed by atoms with Crippen molar-refractivity contribution in [3.63, 3.8) is 0 Å². The van der Waals surface area contributed by atoms with E-state index in [4.69, 9.17) is 0 Å². The van der Waals surface area contributed by atoms with Crippen molar-refractivity contribution in [2.75, 3.05) is 0 Å². The fourth-order valence-corrected chi connectivity index (χ4v) is 2.48. The number of rotatable bonds is 3. The first-order chi connectivity index (χ1) is 10.6. The Balaban J connectivity index is 2.27. The maximum Gasteiger partial charge on any atom is 0.337 e. The van der Waals surface area contributed by atoms with Crippen LogP contribution in [0.3, 0.4) is 0 Å². The zero-order chi connectivity index (χ0) is 15.7. The van der Waals surface area contributed by atoms with E-state index in [9.17, 15) is 14.3 Å². The highest BCUT2D eigenvalue weighted by molar-refractivity contribution is 5.91. The maximum atomic E-state index is 13.1. The van der Waals surface area contributed by atoms with Gasteiger partial charge in [-0.2, -0.15) is 0 Å². The minimum atomic E-state index is -0.997. The van der Waals surface area contributed by atoms with Crippen LogP contribution in [0.5, 0.6) is 0 Å². The van der Waals surface area contributed by atoms with E-state index >= 15 is 0 Å². The van der Waals surface area contributed by atoms with Crippen LogP contribution >= 0.6 is 0 Å². The van der Waals surface area contributed by atoms with E-state index in [-0.39, 0.29) is 11.4 Å². The van der Waals surface area contributed by atoms with Crippen LogP contribution in [-0.4, -0.2) is 20.6 Å². The number of carboxylic acid groups (broad SMARTS) is 1. The molecule has 0 amide bonds. The highest BCUT2D eigenvalue weighted by Crippen LogP contribution is 2.29. The molecule has 0 aliphatic carbocycles. The second kappa shape index (κ2) is 5.44. The van der Waals surface area contributed by atoms with Crippen LogP contribution in [0.1, 0.15) is 16.1 Å². The summed E-state index contributed by atoms with van der Waals surface area (Å²) in [7, 11) is 0. The van der Waals surface area contributed by atoms with E-state index in [1.165, 1.54) is 12.1 Å². The van der Waals surface area contributed by atoms with Gasteiger partial charge in [0.1, 0.15) is 5.82 Å². The lowest BCUT2D eigenvalue weighted by Gasteiger charge is -2.11. The van der Waals surface area contributed by atoms with Gasteiger partial charge in [0, 0.05) is 11.9 Å². The highest BCUT2D eigenvalue weighted by Gasteiger charge is 2.19. The molecule has 22 heavy (non-hydrogen) atoms. The lowest BCUT2D eigenvalue weighted by Crippen LogP contribution is -2.02. The monoisotopic (exact) mass is 296 g/mol. The van der Waals surface area contributed by atoms with Crippen LogP contribution < -0.4 is 0 Å². The van der Waals surface area contributed by atoms with Gasteiger partial charge < -0.3 is 9.67 Å². The molecule has 0 bridgehead atoms. The molecule has 0 spiro atoms. The van der Waals surface area contributed by atoms with E-state index in [1.54, 1.807) is 43.6 Å². The van der Waals surface area contributed by atoms with Gasteiger partial charge in [0.2, 0.25) is 0 Å². The van der Waals surface area contributed by atoms with Crippen molar-refractivity contribution in [1.82, 2.24) is 9.55 Å². The molecule has 3 rings (SSSR count). The summed E-state index contributed by atoms with van der Waals surface area (Å²) in [6.07, 6.45) is 3.31. The number of aromatic nitrogens is 2. The predicted octanol–water partition coefficient (Wildman–Crippen LogP) is 3.69. The Morgan fingerprint density at radius 2 is 1.95 bits per heavy atom. The molecule has 0 atom stereocenters. The molecule has 2 aromatic heterocycles. The molecule has 0 aliphatic rings. The number of carbonyl (C=O) groups is 1. The number of hydrogen-bond donors (Lipinski definition) is 1. The molecule has 3 aromatic rings. The largest absolute Gasteiger partial charge is 0.478 e. The number of halogens is 1. The molecule has 110 valence electrons. The Hall–Kier alpha value is -2.95. The van der Waals surface area contributed by atoms with Crippen LogP contribution in [0.15, 0.2) is 54.9 Å². The minimum absolute atomic E-state index is 0.211. The van der Waals surface area contributed by atoms with Gasteiger partial charge >= 0.3 is 5.97 Å². The predicted molar refractivity (Wildman–Crippen MR) is 80.7 cm³/mol. The molecular formula is C17H13FN2O2. The van der Waals surface area contributed by atoms with Gasteiger partial charge in [-0.1, -0.05) is 0 Å². The van der Waals surface area contributed by atoms with Gasteiger partial charge in [0.25, 0.3) is 0 Å². The van der Waals surface area contributed by atoms with Crippen LogP contribution in [0.2, 0.25) is 0 Å². The molecule has 0 aliphatic heterocycles. The molecule has 0 unspecified atom stereocenters. The minimum Gasteiger partial charge on any atom is -0.478 e. The van der Waals surface area contributed by atoms with Crippen molar-refractivity contribution in [2.45, 2.75) is 6.92 Å². The number of benzene rings is 1. The fraction of sp³-hybridized carbons (Fsp3) is 0.0588. The molecule has 1 aromatic carbocycles. The van der Waals surface area contributed by atoms with Crippen LogP contribution in [0.4, 0.5) is 4.39 Å². The Kier molecular flexibility index (Phi) is 3.47. The average molecular weight is 296 g/mol. The first kappa shape index (κ1) is 14.0. The lowest BCUT2D eigenvalue weighted by molar-refractivity contribution is 0.0696. The number of pyridine rings is 1. The van der Waals surface area contributed by atoms with Gasteiger partial charge in [-0.25, -0.2) is 9.18 Å². The first-order valence-corrected chi connectivity index (χ1v) is 6.70. The summed E-state index contributed by atoms with van der Waals surface area (Å²) < 4.78 is 14.9. The molecule has 0 fully saturated rings. The van der Waals surface area contributed by atoms with Crippen LogP contribution in [0, 0.1) is 12.7 Å². The standard InChI is InChI=1S/C17H13FN2O2/c1-11-15(17(21)22)9-16(12-4-6-13(18)7-5-12)20(11)14-3-2-8-19-10-14/h2-10H,1H3,(H,21,22). The molecule has 1 N–H and O–H groups in total. The Bertz CT molecular complexity index is 824. The van der Waals surface area contributed by atoms with Crippen LogP contribution in [0.25, 0.3) is 16.9 Å². The summed E-state index contributed by atoms with van der Waals surface area (Å²) >= 11 is 0. The summed E-state index contributed by atoms with van der Waals surface area (Å²) in [6.45, 7) is 1.74. The second-order valence-corrected chi connectivity index (χ2v) is 4.89. The summed E-state index contributed by atoms with van der Waals surface area (Å²) in [5, 5.41) is 9.35.